The van der Waals surface area contributed by atoms with E-state index in [1.807, 2.05) is 6.07 Å². The minimum Gasteiger partial charge on any atom is -0.298 e. The van der Waals surface area contributed by atoms with Crippen LogP contribution in [0, 0.1) is 22.7 Å². The summed E-state index contributed by atoms with van der Waals surface area (Å²) in [5, 5.41) is 17.6. The summed E-state index contributed by atoms with van der Waals surface area (Å²) in [6.45, 7) is 0. The van der Waals surface area contributed by atoms with Crippen molar-refractivity contribution in [1.82, 2.24) is 9.97 Å². The molecule has 0 aliphatic carbocycles. The van der Waals surface area contributed by atoms with Crippen molar-refractivity contribution in [3.05, 3.63) is 58.7 Å². The average Bonchev–Trinajstić information content (AvgIpc) is 2.53. The first-order valence-corrected chi connectivity index (χ1v) is 5.46. The summed E-state index contributed by atoms with van der Waals surface area (Å²) in [5.74, 6) is -0.534. The van der Waals surface area contributed by atoms with E-state index in [2.05, 4.69) is 9.97 Å². The quantitative estimate of drug-likeness (QED) is 0.608. The highest BCUT2D eigenvalue weighted by molar-refractivity contribution is 6.13. The van der Waals surface area contributed by atoms with Gasteiger partial charge in [0.25, 0.3) is 0 Å². The van der Waals surface area contributed by atoms with Crippen LogP contribution in [-0.2, 0) is 0 Å². The van der Waals surface area contributed by atoms with E-state index in [-0.39, 0.29) is 28.1 Å². The van der Waals surface area contributed by atoms with Crippen molar-refractivity contribution in [1.29, 1.82) is 10.5 Å². The summed E-state index contributed by atoms with van der Waals surface area (Å²) >= 11 is 0. The predicted octanol–water partition coefficient (Wildman–Crippen LogP) is 1.26. The fraction of sp³-hybridized carbons (Fsp3) is 0. The zero-order chi connectivity index (χ0) is 14.5. The van der Waals surface area contributed by atoms with Crippen LogP contribution >= 0.6 is 0 Å². The Morgan fingerprint density at radius 1 is 1.15 bits per heavy atom. The summed E-state index contributed by atoms with van der Waals surface area (Å²) in [4.78, 5) is 30.9. The second-order valence-electron chi connectivity index (χ2n) is 3.73. The van der Waals surface area contributed by atoms with Crippen molar-refractivity contribution in [3.8, 4) is 12.1 Å². The summed E-state index contributed by atoms with van der Waals surface area (Å²) < 4.78 is 0. The second-order valence-corrected chi connectivity index (χ2v) is 3.73. The van der Waals surface area contributed by atoms with E-state index >= 15 is 0 Å². The van der Waals surface area contributed by atoms with Crippen LogP contribution in [0.5, 0.6) is 0 Å². The van der Waals surface area contributed by atoms with Crippen LogP contribution in [0.25, 0.3) is 0 Å². The van der Waals surface area contributed by atoms with Crippen LogP contribution in [0.4, 0.5) is 0 Å². The Morgan fingerprint density at radius 3 is 2.50 bits per heavy atom. The van der Waals surface area contributed by atoms with Gasteiger partial charge in [0.15, 0.2) is 17.8 Å². The molecule has 2 aromatic rings. The van der Waals surface area contributed by atoms with Gasteiger partial charge >= 0.3 is 0 Å². The molecule has 6 nitrogen and oxygen atoms in total. The van der Waals surface area contributed by atoms with E-state index in [1.165, 1.54) is 30.6 Å². The summed E-state index contributed by atoms with van der Waals surface area (Å²) in [6, 6.07) is 7.77. The Hall–Kier alpha value is -3.38. The SMILES string of the molecule is N#Cc1ccc(C(=O)c2c(C=O)ccnc2C#N)cn1. The lowest BCUT2D eigenvalue weighted by Gasteiger charge is -2.05. The molecule has 0 bridgehead atoms. The van der Waals surface area contributed by atoms with Crippen LogP contribution in [-0.4, -0.2) is 22.0 Å². The molecule has 0 aliphatic heterocycles. The molecule has 0 saturated carbocycles. The number of ketones is 1. The van der Waals surface area contributed by atoms with Crippen molar-refractivity contribution in [2.45, 2.75) is 0 Å². The molecule has 0 saturated heterocycles. The fourth-order valence-corrected chi connectivity index (χ4v) is 1.64. The molecule has 0 aliphatic rings. The van der Waals surface area contributed by atoms with Crippen molar-refractivity contribution < 1.29 is 9.59 Å². The highest BCUT2D eigenvalue weighted by Crippen LogP contribution is 2.16. The van der Waals surface area contributed by atoms with E-state index in [4.69, 9.17) is 10.5 Å². The lowest BCUT2D eigenvalue weighted by atomic mass is 9.99. The largest absolute Gasteiger partial charge is 0.298 e. The molecule has 2 aromatic heterocycles. The topological polar surface area (TPSA) is 107 Å². The molecule has 0 atom stereocenters. The van der Waals surface area contributed by atoms with Crippen molar-refractivity contribution in [2.24, 2.45) is 0 Å². The van der Waals surface area contributed by atoms with Gasteiger partial charge in [-0.3, -0.25) is 9.59 Å². The molecule has 0 N–H and O–H groups in total. The van der Waals surface area contributed by atoms with Gasteiger partial charge in [-0.1, -0.05) is 0 Å². The Labute approximate surface area is 113 Å². The molecule has 94 valence electrons. The predicted molar refractivity (Wildman–Crippen MR) is 66.7 cm³/mol. The maximum Gasteiger partial charge on any atom is 0.198 e. The fourth-order valence-electron chi connectivity index (χ4n) is 1.64. The maximum atomic E-state index is 12.3. The minimum atomic E-state index is -0.534. The Balaban J connectivity index is 2.56. The zero-order valence-corrected chi connectivity index (χ0v) is 10.1. The third-order valence-electron chi connectivity index (χ3n) is 2.58. The normalized spacial score (nSPS) is 9.30. The standard InChI is InChI=1S/C14H6N4O2/c15-5-11-2-1-9(7-18-11)14(20)13-10(8-19)3-4-17-12(13)6-16/h1-4,7-8H. The molecule has 0 amide bonds. The number of aldehydes is 1. The zero-order valence-electron chi connectivity index (χ0n) is 10.1. The van der Waals surface area contributed by atoms with Gasteiger partial charge < -0.3 is 0 Å². The van der Waals surface area contributed by atoms with Gasteiger partial charge in [0.2, 0.25) is 0 Å². The summed E-state index contributed by atoms with van der Waals surface area (Å²) in [6.07, 6.45) is 3.01. The van der Waals surface area contributed by atoms with Gasteiger partial charge in [-0.25, -0.2) is 9.97 Å². The number of pyridine rings is 2. The van der Waals surface area contributed by atoms with Gasteiger partial charge in [-0.2, -0.15) is 10.5 Å². The number of carbonyl (C=O) groups excluding carboxylic acids is 2. The average molecular weight is 262 g/mol. The van der Waals surface area contributed by atoms with E-state index in [1.54, 1.807) is 6.07 Å². The van der Waals surface area contributed by atoms with Crippen LogP contribution < -0.4 is 0 Å². The van der Waals surface area contributed by atoms with Crippen molar-refractivity contribution in [2.75, 3.05) is 0 Å². The number of aromatic nitrogens is 2. The number of rotatable bonds is 3. The Bertz CT molecular complexity index is 767. The molecular formula is C14H6N4O2. The molecular weight excluding hydrogens is 256 g/mol. The van der Waals surface area contributed by atoms with Crippen LogP contribution in [0.2, 0.25) is 0 Å². The lowest BCUT2D eigenvalue weighted by molar-refractivity contribution is 0.102. The van der Waals surface area contributed by atoms with E-state index in [0.29, 0.717) is 6.29 Å². The van der Waals surface area contributed by atoms with Crippen molar-refractivity contribution in [3.63, 3.8) is 0 Å². The molecule has 2 rings (SSSR count). The highest BCUT2D eigenvalue weighted by atomic mass is 16.1. The first-order valence-electron chi connectivity index (χ1n) is 5.46. The number of nitriles is 2. The monoisotopic (exact) mass is 262 g/mol. The first-order chi connectivity index (χ1) is 9.71. The second kappa shape index (κ2) is 5.51. The summed E-state index contributed by atoms with van der Waals surface area (Å²) in [5.41, 5.74) is 0.256. The van der Waals surface area contributed by atoms with E-state index in [0.717, 1.165) is 0 Å². The van der Waals surface area contributed by atoms with Gasteiger partial charge in [-0.15, -0.1) is 0 Å². The Morgan fingerprint density at radius 2 is 1.95 bits per heavy atom. The van der Waals surface area contributed by atoms with Crippen LogP contribution in [0.15, 0.2) is 30.6 Å². The molecule has 0 unspecified atom stereocenters. The molecule has 20 heavy (non-hydrogen) atoms. The van der Waals surface area contributed by atoms with E-state index in [9.17, 15) is 9.59 Å². The molecule has 0 radical (unpaired) electrons. The lowest BCUT2D eigenvalue weighted by Crippen LogP contribution is -2.10. The molecule has 0 fully saturated rings. The van der Waals surface area contributed by atoms with Gasteiger partial charge in [0, 0.05) is 23.5 Å². The third-order valence-corrected chi connectivity index (χ3v) is 2.58. The van der Waals surface area contributed by atoms with Crippen LogP contribution in [0.1, 0.15) is 37.7 Å². The highest BCUT2D eigenvalue weighted by Gasteiger charge is 2.19. The molecule has 0 aromatic carbocycles. The van der Waals surface area contributed by atoms with Gasteiger partial charge in [0.1, 0.15) is 17.8 Å². The van der Waals surface area contributed by atoms with Crippen molar-refractivity contribution >= 4 is 12.1 Å². The molecule has 6 heteroatoms. The number of hydrogen-bond donors (Lipinski definition) is 0. The third kappa shape index (κ3) is 2.26. The van der Waals surface area contributed by atoms with E-state index < -0.39 is 5.78 Å². The van der Waals surface area contributed by atoms with Gasteiger partial charge in [0.05, 0.1) is 5.56 Å². The Kier molecular flexibility index (Phi) is 3.60. The van der Waals surface area contributed by atoms with Gasteiger partial charge in [-0.05, 0) is 18.2 Å². The smallest absolute Gasteiger partial charge is 0.198 e. The number of nitrogens with zero attached hydrogens (tertiary/aromatic N) is 4. The minimum absolute atomic E-state index is 0.0588. The van der Waals surface area contributed by atoms with Crippen LogP contribution in [0.3, 0.4) is 0 Å². The number of carbonyl (C=O) groups is 2. The number of hydrogen-bond acceptors (Lipinski definition) is 6. The first kappa shape index (κ1) is 13.1. The maximum absolute atomic E-state index is 12.3. The molecule has 2 heterocycles. The summed E-state index contributed by atoms with van der Waals surface area (Å²) in [7, 11) is 0. The molecule has 0 spiro atoms.